The van der Waals surface area contributed by atoms with Gasteiger partial charge in [0.05, 0.1) is 0 Å². The molecule has 0 saturated carbocycles. The van der Waals surface area contributed by atoms with Crippen molar-refractivity contribution < 1.29 is 4.79 Å². The number of aliphatic imine (C=N–C) groups is 1. The number of hydrogen-bond donors (Lipinski definition) is 0. The van der Waals surface area contributed by atoms with Gasteiger partial charge in [-0.2, -0.15) is 0 Å². The van der Waals surface area contributed by atoms with E-state index in [9.17, 15) is 4.79 Å². The number of hydrogen-bond acceptors (Lipinski definition) is 3. The van der Waals surface area contributed by atoms with E-state index in [0.717, 1.165) is 20.5 Å². The predicted octanol–water partition coefficient (Wildman–Crippen LogP) is 3.00. The van der Waals surface area contributed by atoms with Crippen molar-refractivity contribution in [2.45, 2.75) is 11.9 Å². The molecule has 0 N–H and O–H groups in total. The topological polar surface area (TPSA) is 45.6 Å². The quantitative estimate of drug-likeness (QED) is 0.732. The Labute approximate surface area is 137 Å². The molecule has 0 atom stereocenters. The second kappa shape index (κ2) is 6.52. The predicted molar refractivity (Wildman–Crippen MR) is 86.6 cm³/mol. The number of aromatic nitrogens is 1. The molecule has 21 heavy (non-hydrogen) atoms. The van der Waals surface area contributed by atoms with Gasteiger partial charge in [-0.15, -0.1) is 0 Å². The van der Waals surface area contributed by atoms with Gasteiger partial charge in [0.1, 0.15) is 0 Å². The van der Waals surface area contributed by atoms with E-state index in [-0.39, 0.29) is 20.9 Å². The van der Waals surface area contributed by atoms with Gasteiger partial charge < -0.3 is 0 Å². The Morgan fingerprint density at radius 2 is 2.00 bits per heavy atom. The summed E-state index contributed by atoms with van der Waals surface area (Å²) in [5.74, 6) is 0.151. The molecule has 4 nitrogen and oxygen atoms in total. The third-order valence-corrected chi connectivity index (χ3v) is 5.70. The Morgan fingerprint density at radius 3 is 2.76 bits per heavy atom. The number of carbonyl (C=O) groups is 1. The molecule has 1 aromatic heterocycles. The van der Waals surface area contributed by atoms with Crippen molar-refractivity contribution in [1.82, 2.24) is 9.88 Å². The molecule has 1 fully saturated rings. The molecule has 0 unspecified atom stereocenters. The summed E-state index contributed by atoms with van der Waals surface area (Å²) >= 11 is 3.59. The molecule has 1 saturated heterocycles. The van der Waals surface area contributed by atoms with Crippen LogP contribution >= 0.6 is 15.9 Å². The minimum absolute atomic E-state index is 0.0966. The van der Waals surface area contributed by atoms with Crippen LogP contribution in [0.15, 0.2) is 58.3 Å². The molecule has 1 aliphatic heterocycles. The minimum atomic E-state index is 0.0966. The number of amides is 1. The van der Waals surface area contributed by atoms with Crippen LogP contribution in [0.1, 0.15) is 5.56 Å². The Morgan fingerprint density at radius 1 is 1.24 bits per heavy atom. The molecular weight excluding hydrogens is 397 g/mol. The van der Waals surface area contributed by atoms with Crippen LogP contribution in [0.5, 0.6) is 0 Å². The standard InChI is InChI=1S/C15H12BrN3OSe/c16-12-3-1-2-4-13(12)18-15-19(14(20)10-21-15)9-11-5-7-17-8-6-11/h1-8H,9-10H2. The van der Waals surface area contributed by atoms with E-state index in [0.29, 0.717) is 11.9 Å². The van der Waals surface area contributed by atoms with E-state index in [4.69, 9.17) is 0 Å². The fraction of sp³-hybridized carbons (Fsp3) is 0.133. The van der Waals surface area contributed by atoms with Gasteiger partial charge in [-0.1, -0.05) is 0 Å². The van der Waals surface area contributed by atoms with Crippen molar-refractivity contribution >= 4 is 47.2 Å². The summed E-state index contributed by atoms with van der Waals surface area (Å²) in [7, 11) is 0. The molecular formula is C15H12BrN3OSe. The number of nitrogens with zero attached hydrogens (tertiary/aromatic N) is 3. The van der Waals surface area contributed by atoms with Gasteiger partial charge in [0.2, 0.25) is 0 Å². The van der Waals surface area contributed by atoms with E-state index in [1.54, 1.807) is 17.3 Å². The fourth-order valence-corrected chi connectivity index (χ4v) is 4.20. The van der Waals surface area contributed by atoms with Crippen LogP contribution < -0.4 is 0 Å². The van der Waals surface area contributed by atoms with Crippen molar-refractivity contribution in [2.24, 2.45) is 4.99 Å². The third-order valence-electron chi connectivity index (χ3n) is 3.02. The molecule has 0 aliphatic carbocycles. The van der Waals surface area contributed by atoms with Gasteiger partial charge in [0, 0.05) is 0 Å². The second-order valence-electron chi connectivity index (χ2n) is 4.47. The molecule has 1 aliphatic rings. The Hall–Kier alpha value is -1.49. The molecule has 2 aromatic rings. The number of pyridine rings is 1. The Bertz CT molecular complexity index is 690. The average molecular weight is 409 g/mol. The van der Waals surface area contributed by atoms with Gasteiger partial charge in [-0.05, 0) is 0 Å². The Balaban J connectivity index is 1.88. The average Bonchev–Trinajstić information content (AvgIpc) is 2.84. The van der Waals surface area contributed by atoms with Crippen LogP contribution in [0.3, 0.4) is 0 Å². The summed E-state index contributed by atoms with van der Waals surface area (Å²) < 4.78 is 1.83. The summed E-state index contributed by atoms with van der Waals surface area (Å²) in [5, 5.41) is 0.585. The Kier molecular flexibility index (Phi) is 4.48. The second-order valence-corrected chi connectivity index (χ2v) is 7.30. The first-order chi connectivity index (χ1) is 10.2. The van der Waals surface area contributed by atoms with Gasteiger partial charge in [0.25, 0.3) is 0 Å². The summed E-state index contributed by atoms with van der Waals surface area (Å²) in [4.78, 5) is 22.6. The molecule has 0 radical (unpaired) electrons. The van der Waals surface area contributed by atoms with Crippen molar-refractivity contribution in [2.75, 3.05) is 0 Å². The number of amidine groups is 1. The van der Waals surface area contributed by atoms with Gasteiger partial charge in [0.15, 0.2) is 0 Å². The van der Waals surface area contributed by atoms with Crippen molar-refractivity contribution in [1.29, 1.82) is 0 Å². The molecule has 3 rings (SSSR count). The molecule has 1 aromatic carbocycles. The summed E-state index contributed by atoms with van der Waals surface area (Å²) in [6.45, 7) is 0.562. The first kappa shape index (κ1) is 14.4. The van der Waals surface area contributed by atoms with Gasteiger partial charge >= 0.3 is 138 Å². The zero-order valence-corrected chi connectivity index (χ0v) is 14.4. The normalized spacial score (nSPS) is 16.7. The summed E-state index contributed by atoms with van der Waals surface area (Å²) in [6, 6.07) is 11.6. The van der Waals surface area contributed by atoms with E-state index in [2.05, 4.69) is 25.9 Å². The molecule has 6 heteroatoms. The third kappa shape index (κ3) is 3.40. The van der Waals surface area contributed by atoms with Crippen molar-refractivity contribution in [3.63, 3.8) is 0 Å². The van der Waals surface area contributed by atoms with E-state index < -0.39 is 0 Å². The number of para-hydroxylation sites is 1. The first-order valence-corrected chi connectivity index (χ1v) is 9.25. The van der Waals surface area contributed by atoms with Crippen molar-refractivity contribution in [3.05, 3.63) is 58.8 Å². The number of benzene rings is 1. The zero-order chi connectivity index (χ0) is 14.7. The summed E-state index contributed by atoms with van der Waals surface area (Å²) in [5.41, 5.74) is 1.93. The number of halogens is 1. The maximum absolute atomic E-state index is 12.1. The van der Waals surface area contributed by atoms with Crippen LogP contribution in [0.4, 0.5) is 5.69 Å². The first-order valence-electron chi connectivity index (χ1n) is 6.39. The molecule has 0 spiro atoms. The summed E-state index contributed by atoms with van der Waals surface area (Å²) in [6.07, 6.45) is 3.48. The van der Waals surface area contributed by atoms with Crippen molar-refractivity contribution in [3.8, 4) is 0 Å². The molecule has 0 bridgehead atoms. The maximum atomic E-state index is 12.1. The zero-order valence-electron chi connectivity index (χ0n) is 11.1. The van der Waals surface area contributed by atoms with Crippen LogP contribution in [0, 0.1) is 0 Å². The molecule has 2 heterocycles. The van der Waals surface area contributed by atoms with E-state index in [1.165, 1.54) is 0 Å². The van der Waals surface area contributed by atoms with E-state index in [1.807, 2.05) is 36.4 Å². The SMILES string of the molecule is O=C1C[Se]C(=Nc2ccccc2Br)N1Cc1ccncc1. The number of rotatable bonds is 3. The van der Waals surface area contributed by atoms with Gasteiger partial charge in [-0.25, -0.2) is 0 Å². The number of carbonyl (C=O) groups excluding carboxylic acids is 1. The molecule has 106 valence electrons. The van der Waals surface area contributed by atoms with Crippen LogP contribution in [0.25, 0.3) is 0 Å². The monoisotopic (exact) mass is 409 g/mol. The van der Waals surface area contributed by atoms with Gasteiger partial charge in [-0.3, -0.25) is 0 Å². The van der Waals surface area contributed by atoms with E-state index >= 15 is 0 Å². The molecule has 1 amide bonds. The fourth-order valence-electron chi connectivity index (χ4n) is 1.95. The van der Waals surface area contributed by atoms with Crippen LogP contribution in [0.2, 0.25) is 5.32 Å². The van der Waals surface area contributed by atoms with Crippen LogP contribution in [-0.2, 0) is 11.3 Å². The van der Waals surface area contributed by atoms with Crippen LogP contribution in [-0.4, -0.2) is 35.5 Å².